The number of hydrogen-bond donors (Lipinski definition) is 1. The summed E-state index contributed by atoms with van der Waals surface area (Å²) in [4.78, 5) is 31.1. The number of benzene rings is 1. The second-order valence-corrected chi connectivity index (χ2v) is 7.56. The summed E-state index contributed by atoms with van der Waals surface area (Å²) < 4.78 is 14.2. The van der Waals surface area contributed by atoms with Gasteiger partial charge in [0.25, 0.3) is 5.91 Å². The standard InChI is InChI=1S/C17H16FN3O2S/c1-8-20-13(15(24-8)10-4-2-3-5-12(10)18)17(23)21-7-9-6-11(9)14(21)16(19)22/h2-5,9,11,14H,6-7H2,1H3,(H2,19,22)/t9-,11-,14-/m0/s1. The van der Waals surface area contributed by atoms with Gasteiger partial charge in [0.15, 0.2) is 0 Å². The molecule has 2 N–H and O–H groups in total. The Morgan fingerprint density at radius 3 is 2.83 bits per heavy atom. The molecule has 0 unspecified atom stereocenters. The van der Waals surface area contributed by atoms with Crippen LogP contribution in [0.4, 0.5) is 4.39 Å². The Kier molecular flexibility index (Phi) is 3.42. The molecule has 1 aromatic heterocycles. The van der Waals surface area contributed by atoms with E-state index in [2.05, 4.69) is 4.98 Å². The number of rotatable bonds is 3. The summed E-state index contributed by atoms with van der Waals surface area (Å²) in [6, 6.07) is 5.74. The molecule has 0 spiro atoms. The third kappa shape index (κ3) is 2.31. The summed E-state index contributed by atoms with van der Waals surface area (Å²) in [5.74, 6) is -0.696. The van der Waals surface area contributed by atoms with Crippen molar-refractivity contribution in [2.45, 2.75) is 19.4 Å². The first-order chi connectivity index (χ1) is 11.5. The Labute approximate surface area is 142 Å². The van der Waals surface area contributed by atoms with Gasteiger partial charge in [-0.15, -0.1) is 11.3 Å². The molecule has 4 rings (SSSR count). The first kappa shape index (κ1) is 15.3. The lowest BCUT2D eigenvalue weighted by Gasteiger charge is -2.24. The summed E-state index contributed by atoms with van der Waals surface area (Å²) >= 11 is 1.28. The van der Waals surface area contributed by atoms with Crippen molar-refractivity contribution >= 4 is 23.2 Å². The number of halogens is 1. The highest BCUT2D eigenvalue weighted by Gasteiger charge is 2.56. The van der Waals surface area contributed by atoms with Crippen LogP contribution in [-0.2, 0) is 4.79 Å². The minimum atomic E-state index is -0.571. The minimum absolute atomic E-state index is 0.170. The Balaban J connectivity index is 1.74. The minimum Gasteiger partial charge on any atom is -0.368 e. The number of primary amides is 1. The zero-order valence-electron chi connectivity index (χ0n) is 13.0. The van der Waals surface area contributed by atoms with Crippen LogP contribution < -0.4 is 5.73 Å². The lowest BCUT2D eigenvalue weighted by molar-refractivity contribution is -0.122. The van der Waals surface area contributed by atoms with Crippen molar-refractivity contribution in [2.75, 3.05) is 6.54 Å². The number of likely N-dealkylation sites (tertiary alicyclic amines) is 1. The average Bonchev–Trinajstić information content (AvgIpc) is 3.02. The van der Waals surface area contributed by atoms with Gasteiger partial charge in [-0.25, -0.2) is 9.37 Å². The van der Waals surface area contributed by atoms with Gasteiger partial charge in [0.2, 0.25) is 5.91 Å². The van der Waals surface area contributed by atoms with Crippen LogP contribution in [0.1, 0.15) is 21.9 Å². The van der Waals surface area contributed by atoms with Gasteiger partial charge in [0.05, 0.1) is 9.88 Å². The quantitative estimate of drug-likeness (QED) is 0.926. The fourth-order valence-electron chi connectivity index (χ4n) is 3.57. The molecule has 7 heteroatoms. The molecule has 0 bridgehead atoms. The molecule has 1 saturated heterocycles. The van der Waals surface area contributed by atoms with Crippen LogP contribution in [0.3, 0.4) is 0 Å². The molecule has 1 aromatic carbocycles. The Bertz CT molecular complexity index is 850. The number of nitrogens with two attached hydrogens (primary N) is 1. The van der Waals surface area contributed by atoms with Gasteiger partial charge in [-0.2, -0.15) is 0 Å². The zero-order chi connectivity index (χ0) is 17.0. The third-order valence-corrected chi connectivity index (χ3v) is 5.76. The summed E-state index contributed by atoms with van der Waals surface area (Å²) in [7, 11) is 0. The highest BCUT2D eigenvalue weighted by atomic mass is 32.1. The Hall–Kier alpha value is -2.28. The SMILES string of the molecule is Cc1nc(C(=O)N2C[C@@H]3C[C@@H]3[C@H]2C(N)=O)c(-c2ccccc2F)s1. The number of piperidine rings is 1. The maximum Gasteiger partial charge on any atom is 0.274 e. The fourth-order valence-corrected chi connectivity index (χ4v) is 4.51. The summed E-state index contributed by atoms with van der Waals surface area (Å²) in [5.41, 5.74) is 6.05. The van der Waals surface area contributed by atoms with E-state index < -0.39 is 17.8 Å². The van der Waals surface area contributed by atoms with Crippen molar-refractivity contribution in [1.29, 1.82) is 0 Å². The number of thiazole rings is 1. The van der Waals surface area contributed by atoms with E-state index in [9.17, 15) is 14.0 Å². The molecular weight excluding hydrogens is 329 g/mol. The number of hydrogen-bond acceptors (Lipinski definition) is 4. The Morgan fingerprint density at radius 2 is 2.12 bits per heavy atom. The summed E-state index contributed by atoms with van der Waals surface area (Å²) in [6.07, 6.45) is 0.938. The topological polar surface area (TPSA) is 76.3 Å². The first-order valence-electron chi connectivity index (χ1n) is 7.80. The number of carbonyl (C=O) groups excluding carboxylic acids is 2. The van der Waals surface area contributed by atoms with Gasteiger partial charge >= 0.3 is 0 Å². The second-order valence-electron chi connectivity index (χ2n) is 6.35. The zero-order valence-corrected chi connectivity index (χ0v) is 13.8. The molecule has 2 aromatic rings. The van der Waals surface area contributed by atoms with Gasteiger partial charge in [0, 0.05) is 12.1 Å². The van der Waals surface area contributed by atoms with E-state index in [0.29, 0.717) is 27.9 Å². The van der Waals surface area contributed by atoms with E-state index in [1.165, 1.54) is 22.3 Å². The van der Waals surface area contributed by atoms with Crippen LogP contribution in [0.15, 0.2) is 24.3 Å². The number of aryl methyl sites for hydroxylation is 1. The highest BCUT2D eigenvalue weighted by Crippen LogP contribution is 2.50. The predicted molar refractivity (Wildman–Crippen MR) is 87.9 cm³/mol. The lowest BCUT2D eigenvalue weighted by atomic mass is 10.1. The predicted octanol–water partition coefficient (Wildman–Crippen LogP) is 2.20. The van der Waals surface area contributed by atoms with Crippen molar-refractivity contribution < 1.29 is 14.0 Å². The lowest BCUT2D eigenvalue weighted by Crippen LogP contribution is -2.46. The van der Waals surface area contributed by atoms with E-state index in [-0.39, 0.29) is 17.5 Å². The first-order valence-corrected chi connectivity index (χ1v) is 8.61. The van der Waals surface area contributed by atoms with Gasteiger partial charge in [-0.05, 0) is 31.2 Å². The van der Waals surface area contributed by atoms with Gasteiger partial charge in [-0.1, -0.05) is 18.2 Å². The van der Waals surface area contributed by atoms with E-state index in [4.69, 9.17) is 5.73 Å². The van der Waals surface area contributed by atoms with E-state index in [0.717, 1.165) is 6.42 Å². The van der Waals surface area contributed by atoms with Gasteiger partial charge < -0.3 is 10.6 Å². The van der Waals surface area contributed by atoms with Crippen molar-refractivity contribution in [2.24, 2.45) is 17.6 Å². The third-order valence-electron chi connectivity index (χ3n) is 4.76. The molecule has 0 radical (unpaired) electrons. The summed E-state index contributed by atoms with van der Waals surface area (Å²) in [5, 5.41) is 0.677. The molecule has 1 saturated carbocycles. The number of nitrogens with zero attached hydrogens (tertiary/aromatic N) is 2. The van der Waals surface area contributed by atoms with E-state index in [1.54, 1.807) is 25.1 Å². The number of amides is 2. The van der Waals surface area contributed by atoms with Crippen LogP contribution in [0.25, 0.3) is 10.4 Å². The normalized spacial score (nSPS) is 24.8. The molecule has 24 heavy (non-hydrogen) atoms. The fraction of sp³-hybridized carbons (Fsp3) is 0.353. The van der Waals surface area contributed by atoms with Crippen molar-refractivity contribution in [3.63, 3.8) is 0 Å². The van der Waals surface area contributed by atoms with Crippen LogP contribution >= 0.6 is 11.3 Å². The Morgan fingerprint density at radius 1 is 1.38 bits per heavy atom. The van der Waals surface area contributed by atoms with Crippen LogP contribution in [0.5, 0.6) is 0 Å². The number of carbonyl (C=O) groups is 2. The number of fused-ring (bicyclic) bond motifs is 1. The average molecular weight is 345 g/mol. The molecule has 1 aliphatic carbocycles. The van der Waals surface area contributed by atoms with Crippen LogP contribution in [0.2, 0.25) is 0 Å². The molecule has 124 valence electrons. The number of aromatic nitrogens is 1. The summed E-state index contributed by atoms with van der Waals surface area (Å²) in [6.45, 7) is 2.29. The smallest absolute Gasteiger partial charge is 0.274 e. The van der Waals surface area contributed by atoms with E-state index >= 15 is 0 Å². The largest absolute Gasteiger partial charge is 0.368 e. The second kappa shape index (κ2) is 5.37. The molecule has 2 aliphatic rings. The molecule has 3 atom stereocenters. The molecule has 2 heterocycles. The monoisotopic (exact) mass is 345 g/mol. The van der Waals surface area contributed by atoms with E-state index in [1.807, 2.05) is 0 Å². The van der Waals surface area contributed by atoms with Crippen molar-refractivity contribution in [3.8, 4) is 10.4 Å². The van der Waals surface area contributed by atoms with Crippen LogP contribution in [-0.4, -0.2) is 34.3 Å². The maximum absolute atomic E-state index is 14.2. The van der Waals surface area contributed by atoms with Crippen LogP contribution in [0, 0.1) is 24.6 Å². The molecule has 1 aliphatic heterocycles. The molecule has 5 nitrogen and oxygen atoms in total. The van der Waals surface area contributed by atoms with Crippen molar-refractivity contribution in [3.05, 3.63) is 40.8 Å². The maximum atomic E-state index is 14.2. The van der Waals surface area contributed by atoms with Gasteiger partial charge in [0.1, 0.15) is 17.6 Å². The van der Waals surface area contributed by atoms with Gasteiger partial charge in [-0.3, -0.25) is 9.59 Å². The van der Waals surface area contributed by atoms with Crippen molar-refractivity contribution in [1.82, 2.24) is 9.88 Å². The molecule has 2 amide bonds. The molecule has 2 fully saturated rings. The molecular formula is C17H16FN3O2S. The highest BCUT2D eigenvalue weighted by molar-refractivity contribution is 7.15.